The first-order valence-electron chi connectivity index (χ1n) is 8.20. The molecule has 0 atom stereocenters. The molecule has 0 radical (unpaired) electrons. The van der Waals surface area contributed by atoms with E-state index in [0.29, 0.717) is 11.1 Å². The molecule has 0 unspecified atom stereocenters. The highest BCUT2D eigenvalue weighted by Gasteiger charge is 2.09. The molecule has 4 heteroatoms. The molecule has 0 spiro atoms. The van der Waals surface area contributed by atoms with Gasteiger partial charge in [-0.15, -0.1) is 0 Å². The Hall–Kier alpha value is -3.66. The molecule has 0 aromatic heterocycles. The topological polar surface area (TPSA) is 86.2 Å². The summed E-state index contributed by atoms with van der Waals surface area (Å²) in [5, 5.41) is 3.57. The summed E-state index contributed by atoms with van der Waals surface area (Å²) in [6, 6.07) is 22.8. The van der Waals surface area contributed by atoms with Gasteiger partial charge in [0.05, 0.1) is 0 Å². The van der Waals surface area contributed by atoms with Gasteiger partial charge in [0.2, 0.25) is 11.8 Å². The molecule has 0 fully saturated rings. The van der Waals surface area contributed by atoms with E-state index in [1.165, 1.54) is 0 Å². The number of carbonyl (C=O) groups is 2. The third-order valence-electron chi connectivity index (χ3n) is 4.63. The summed E-state index contributed by atoms with van der Waals surface area (Å²) in [7, 11) is 0. The van der Waals surface area contributed by atoms with Gasteiger partial charge in [-0.3, -0.25) is 9.59 Å². The van der Waals surface area contributed by atoms with E-state index in [4.69, 9.17) is 11.5 Å². The van der Waals surface area contributed by atoms with Crippen LogP contribution in [0.2, 0.25) is 0 Å². The fourth-order valence-corrected chi connectivity index (χ4v) is 3.36. The van der Waals surface area contributed by atoms with Gasteiger partial charge < -0.3 is 11.5 Å². The summed E-state index contributed by atoms with van der Waals surface area (Å²) in [5.41, 5.74) is 14.0. The third-order valence-corrected chi connectivity index (χ3v) is 4.63. The number of primary amides is 2. The smallest absolute Gasteiger partial charge is 0.249 e. The average Bonchev–Trinajstić information content (AvgIpc) is 2.65. The van der Waals surface area contributed by atoms with Crippen LogP contribution in [0.1, 0.15) is 20.7 Å². The van der Waals surface area contributed by atoms with Crippen LogP contribution in [0.25, 0.3) is 32.7 Å². The Morgan fingerprint density at radius 3 is 1.38 bits per heavy atom. The van der Waals surface area contributed by atoms with Crippen molar-refractivity contribution in [2.45, 2.75) is 0 Å². The Labute approximate surface area is 150 Å². The zero-order valence-electron chi connectivity index (χ0n) is 13.9. The summed E-state index contributed by atoms with van der Waals surface area (Å²) < 4.78 is 0. The molecule has 0 aliphatic heterocycles. The summed E-state index contributed by atoms with van der Waals surface area (Å²) in [4.78, 5) is 23.2. The summed E-state index contributed by atoms with van der Waals surface area (Å²) in [6.07, 6.45) is 0. The molecule has 0 aliphatic rings. The second-order valence-electron chi connectivity index (χ2n) is 6.21. The second-order valence-corrected chi connectivity index (χ2v) is 6.21. The molecule has 4 aromatic rings. The number of amides is 2. The van der Waals surface area contributed by atoms with E-state index in [9.17, 15) is 9.59 Å². The molecular weight excluding hydrogens is 324 g/mol. The van der Waals surface area contributed by atoms with Gasteiger partial charge in [-0.2, -0.15) is 0 Å². The van der Waals surface area contributed by atoms with Gasteiger partial charge in [0.1, 0.15) is 0 Å². The molecular formula is C22H16N2O2. The van der Waals surface area contributed by atoms with Crippen LogP contribution in [-0.4, -0.2) is 11.8 Å². The minimum absolute atomic E-state index is 0.437. The highest BCUT2D eigenvalue weighted by atomic mass is 16.1. The van der Waals surface area contributed by atoms with E-state index in [2.05, 4.69) is 0 Å². The lowest BCUT2D eigenvalue weighted by atomic mass is 9.95. The van der Waals surface area contributed by atoms with Gasteiger partial charge in [-0.1, -0.05) is 48.5 Å². The Morgan fingerprint density at radius 1 is 0.577 bits per heavy atom. The van der Waals surface area contributed by atoms with Crippen molar-refractivity contribution in [3.63, 3.8) is 0 Å². The van der Waals surface area contributed by atoms with Gasteiger partial charge in [-0.05, 0) is 56.9 Å². The second kappa shape index (κ2) is 6.01. The molecule has 0 saturated heterocycles. The Morgan fingerprint density at radius 2 is 1.00 bits per heavy atom. The Kier molecular flexibility index (Phi) is 3.66. The predicted molar refractivity (Wildman–Crippen MR) is 104 cm³/mol. The maximum Gasteiger partial charge on any atom is 0.249 e. The van der Waals surface area contributed by atoms with E-state index >= 15 is 0 Å². The SMILES string of the molecule is NC(=O)c1cccc2cc(-c3ccc4c(C(N)=O)cccc4c3)ccc12. The zero-order valence-corrected chi connectivity index (χ0v) is 13.9. The van der Waals surface area contributed by atoms with Crippen LogP contribution in [0.15, 0.2) is 72.8 Å². The Balaban J connectivity index is 1.87. The molecule has 4 aromatic carbocycles. The van der Waals surface area contributed by atoms with Crippen LogP contribution in [-0.2, 0) is 0 Å². The Bertz CT molecular complexity index is 1100. The molecule has 0 saturated carbocycles. The van der Waals surface area contributed by atoms with Gasteiger partial charge in [0, 0.05) is 11.1 Å². The van der Waals surface area contributed by atoms with Gasteiger partial charge in [0.15, 0.2) is 0 Å². The summed E-state index contributed by atoms with van der Waals surface area (Å²) >= 11 is 0. The molecule has 4 N–H and O–H groups in total. The van der Waals surface area contributed by atoms with Crippen molar-refractivity contribution in [1.82, 2.24) is 0 Å². The zero-order chi connectivity index (χ0) is 18.3. The number of carbonyl (C=O) groups excluding carboxylic acids is 2. The number of fused-ring (bicyclic) bond motifs is 2. The fraction of sp³-hybridized carbons (Fsp3) is 0. The molecule has 0 bridgehead atoms. The predicted octanol–water partition coefficient (Wildman–Crippen LogP) is 3.86. The van der Waals surface area contributed by atoms with Gasteiger partial charge >= 0.3 is 0 Å². The molecule has 2 amide bonds. The summed E-state index contributed by atoms with van der Waals surface area (Å²) in [6.45, 7) is 0. The van der Waals surface area contributed by atoms with Crippen molar-refractivity contribution in [1.29, 1.82) is 0 Å². The molecule has 0 heterocycles. The van der Waals surface area contributed by atoms with E-state index in [1.807, 2.05) is 60.7 Å². The highest BCUT2D eigenvalue weighted by Crippen LogP contribution is 2.29. The maximum atomic E-state index is 11.6. The third kappa shape index (κ3) is 2.58. The van der Waals surface area contributed by atoms with Crippen LogP contribution in [0.4, 0.5) is 0 Å². The average molecular weight is 340 g/mol. The van der Waals surface area contributed by atoms with Crippen molar-refractivity contribution < 1.29 is 9.59 Å². The number of rotatable bonds is 3. The first-order valence-corrected chi connectivity index (χ1v) is 8.20. The number of hydrogen-bond acceptors (Lipinski definition) is 2. The van der Waals surface area contributed by atoms with Crippen molar-refractivity contribution >= 4 is 33.4 Å². The van der Waals surface area contributed by atoms with E-state index < -0.39 is 11.8 Å². The molecule has 0 aliphatic carbocycles. The van der Waals surface area contributed by atoms with Crippen LogP contribution in [0.3, 0.4) is 0 Å². The monoisotopic (exact) mass is 340 g/mol. The van der Waals surface area contributed by atoms with Crippen LogP contribution < -0.4 is 11.5 Å². The molecule has 26 heavy (non-hydrogen) atoms. The van der Waals surface area contributed by atoms with Crippen LogP contribution in [0.5, 0.6) is 0 Å². The van der Waals surface area contributed by atoms with Crippen molar-refractivity contribution in [2.75, 3.05) is 0 Å². The molecule has 126 valence electrons. The fourth-order valence-electron chi connectivity index (χ4n) is 3.36. The quantitative estimate of drug-likeness (QED) is 0.593. The van der Waals surface area contributed by atoms with Gasteiger partial charge in [-0.25, -0.2) is 0 Å². The van der Waals surface area contributed by atoms with E-state index in [0.717, 1.165) is 32.7 Å². The first kappa shape index (κ1) is 15.8. The lowest BCUT2D eigenvalue weighted by Gasteiger charge is -2.09. The van der Waals surface area contributed by atoms with Crippen molar-refractivity contribution in [2.24, 2.45) is 11.5 Å². The minimum atomic E-state index is -0.437. The highest BCUT2D eigenvalue weighted by molar-refractivity contribution is 6.08. The normalized spacial score (nSPS) is 10.9. The van der Waals surface area contributed by atoms with Crippen molar-refractivity contribution in [3.8, 4) is 11.1 Å². The number of benzene rings is 4. The first-order chi connectivity index (χ1) is 12.5. The largest absolute Gasteiger partial charge is 0.366 e. The summed E-state index contributed by atoms with van der Waals surface area (Å²) in [5.74, 6) is -0.874. The van der Waals surface area contributed by atoms with Crippen molar-refractivity contribution in [3.05, 3.63) is 83.9 Å². The lowest BCUT2D eigenvalue weighted by Crippen LogP contribution is -2.11. The maximum absolute atomic E-state index is 11.6. The lowest BCUT2D eigenvalue weighted by molar-refractivity contribution is 0.0993. The van der Waals surface area contributed by atoms with E-state index in [1.54, 1.807) is 12.1 Å². The van der Waals surface area contributed by atoms with Gasteiger partial charge in [0.25, 0.3) is 0 Å². The number of nitrogens with two attached hydrogens (primary N) is 2. The molecule has 4 rings (SSSR count). The number of hydrogen-bond donors (Lipinski definition) is 2. The minimum Gasteiger partial charge on any atom is -0.366 e. The molecule has 4 nitrogen and oxygen atoms in total. The standard InChI is InChI=1S/C22H16N2O2/c23-21(25)19-5-1-3-15-11-13(7-9-17(15)19)14-8-10-18-16(12-14)4-2-6-20(18)22(24)26/h1-12H,(H2,23,25)(H2,24,26). The van der Waals surface area contributed by atoms with E-state index in [-0.39, 0.29) is 0 Å². The van der Waals surface area contributed by atoms with Crippen LogP contribution in [0, 0.1) is 0 Å². The van der Waals surface area contributed by atoms with Crippen LogP contribution >= 0.6 is 0 Å².